The monoisotopic (exact) mass is 289 g/mol. The quantitative estimate of drug-likeness (QED) is 0.802. The molecule has 0 radical (unpaired) electrons. The van der Waals surface area contributed by atoms with Crippen LogP contribution < -0.4 is 11.1 Å². The van der Waals surface area contributed by atoms with Gasteiger partial charge >= 0.3 is 0 Å². The van der Waals surface area contributed by atoms with Gasteiger partial charge in [0.05, 0.1) is 10.7 Å². The summed E-state index contributed by atoms with van der Waals surface area (Å²) in [4.78, 5) is 16.2. The van der Waals surface area contributed by atoms with E-state index in [9.17, 15) is 4.79 Å². The molecule has 106 valence electrons. The van der Waals surface area contributed by atoms with Crippen molar-refractivity contribution in [1.82, 2.24) is 4.98 Å². The molecule has 0 spiro atoms. The van der Waals surface area contributed by atoms with Crippen LogP contribution in [0.5, 0.6) is 0 Å². The lowest BCUT2D eigenvalue weighted by molar-refractivity contribution is -0.116. The minimum atomic E-state index is 0.0325. The van der Waals surface area contributed by atoms with Crippen LogP contribution in [0.1, 0.15) is 24.3 Å². The van der Waals surface area contributed by atoms with Crippen molar-refractivity contribution in [2.45, 2.75) is 26.2 Å². The predicted molar refractivity (Wildman–Crippen MR) is 83.8 cm³/mol. The first-order chi connectivity index (χ1) is 9.69. The van der Waals surface area contributed by atoms with Crippen molar-refractivity contribution >= 4 is 22.9 Å². The Kier molecular flexibility index (Phi) is 5.26. The number of aryl methyl sites for hydroxylation is 1. The number of hydrogen-bond donors (Lipinski definition) is 2. The first-order valence-electron chi connectivity index (χ1n) is 6.71. The number of nitrogens with one attached hydrogen (secondary N) is 1. The highest BCUT2D eigenvalue weighted by atomic mass is 32.1. The Morgan fingerprint density at radius 3 is 2.95 bits per heavy atom. The van der Waals surface area contributed by atoms with Gasteiger partial charge in [-0.25, -0.2) is 4.98 Å². The van der Waals surface area contributed by atoms with Gasteiger partial charge in [0, 0.05) is 23.1 Å². The van der Waals surface area contributed by atoms with Gasteiger partial charge in [0.25, 0.3) is 0 Å². The molecule has 0 fully saturated rings. The van der Waals surface area contributed by atoms with Gasteiger partial charge in [-0.05, 0) is 38.4 Å². The molecule has 2 rings (SSSR count). The zero-order valence-electron chi connectivity index (χ0n) is 11.6. The van der Waals surface area contributed by atoms with Gasteiger partial charge < -0.3 is 11.1 Å². The molecule has 0 atom stereocenters. The topological polar surface area (TPSA) is 68.0 Å². The molecule has 1 heterocycles. The number of carbonyl (C=O) groups excluding carboxylic acids is 1. The third-order valence-electron chi connectivity index (χ3n) is 2.92. The van der Waals surface area contributed by atoms with Crippen LogP contribution in [0, 0.1) is 6.92 Å². The molecule has 1 aromatic carbocycles. The van der Waals surface area contributed by atoms with Crippen molar-refractivity contribution in [3.8, 4) is 11.3 Å². The third kappa shape index (κ3) is 4.15. The lowest BCUT2D eigenvalue weighted by atomic mass is 10.1. The van der Waals surface area contributed by atoms with Gasteiger partial charge in [-0.3, -0.25) is 4.79 Å². The molecule has 20 heavy (non-hydrogen) atoms. The number of hydrogen-bond acceptors (Lipinski definition) is 4. The average Bonchev–Trinajstić information content (AvgIpc) is 2.86. The number of carbonyl (C=O) groups is 1. The summed E-state index contributed by atoms with van der Waals surface area (Å²) in [6.07, 6.45) is 2.22. The van der Waals surface area contributed by atoms with Crippen molar-refractivity contribution in [1.29, 1.82) is 0 Å². The molecule has 5 heteroatoms. The van der Waals surface area contributed by atoms with Crippen LogP contribution in [-0.4, -0.2) is 17.4 Å². The molecule has 0 aliphatic carbocycles. The largest absolute Gasteiger partial charge is 0.330 e. The Morgan fingerprint density at radius 2 is 2.25 bits per heavy atom. The number of rotatable bonds is 6. The molecule has 0 unspecified atom stereocenters. The van der Waals surface area contributed by atoms with Crippen molar-refractivity contribution in [2.75, 3.05) is 11.9 Å². The Hall–Kier alpha value is -1.72. The SMILES string of the molecule is Cc1nc(-c2cccc(NC(=O)CCCCN)c2)cs1. The fraction of sp³-hybridized carbons (Fsp3) is 0.333. The van der Waals surface area contributed by atoms with Crippen LogP contribution in [-0.2, 0) is 4.79 Å². The van der Waals surface area contributed by atoms with E-state index in [2.05, 4.69) is 10.3 Å². The molecule has 1 amide bonds. The lowest BCUT2D eigenvalue weighted by Gasteiger charge is -2.06. The number of aromatic nitrogens is 1. The zero-order valence-corrected chi connectivity index (χ0v) is 12.4. The molecule has 0 saturated heterocycles. The van der Waals surface area contributed by atoms with E-state index in [1.54, 1.807) is 11.3 Å². The van der Waals surface area contributed by atoms with E-state index in [-0.39, 0.29) is 5.91 Å². The summed E-state index contributed by atoms with van der Waals surface area (Å²) in [5, 5.41) is 5.98. The summed E-state index contributed by atoms with van der Waals surface area (Å²) < 4.78 is 0. The van der Waals surface area contributed by atoms with Gasteiger partial charge in [-0.2, -0.15) is 0 Å². The molecular weight excluding hydrogens is 270 g/mol. The van der Waals surface area contributed by atoms with Crippen molar-refractivity contribution in [3.63, 3.8) is 0 Å². The summed E-state index contributed by atoms with van der Waals surface area (Å²) in [5.74, 6) is 0.0325. The number of unbranched alkanes of at least 4 members (excludes halogenated alkanes) is 1. The van der Waals surface area contributed by atoms with Gasteiger partial charge in [0.1, 0.15) is 0 Å². The maximum Gasteiger partial charge on any atom is 0.224 e. The number of nitrogens with two attached hydrogens (primary N) is 1. The normalized spacial score (nSPS) is 10.5. The van der Waals surface area contributed by atoms with E-state index in [0.717, 1.165) is 34.8 Å². The fourth-order valence-corrected chi connectivity index (χ4v) is 2.53. The highest BCUT2D eigenvalue weighted by molar-refractivity contribution is 7.09. The molecule has 0 saturated carbocycles. The molecule has 1 aromatic heterocycles. The van der Waals surface area contributed by atoms with Gasteiger partial charge in [0.2, 0.25) is 5.91 Å². The van der Waals surface area contributed by atoms with Crippen LogP contribution in [0.4, 0.5) is 5.69 Å². The Labute approximate surface area is 123 Å². The lowest BCUT2D eigenvalue weighted by Crippen LogP contribution is -2.12. The number of nitrogens with zero attached hydrogens (tertiary/aromatic N) is 1. The highest BCUT2D eigenvalue weighted by Gasteiger charge is 2.05. The van der Waals surface area contributed by atoms with Gasteiger partial charge in [-0.15, -0.1) is 11.3 Å². The summed E-state index contributed by atoms with van der Waals surface area (Å²) in [7, 11) is 0. The number of thiazole rings is 1. The van der Waals surface area contributed by atoms with Crippen LogP contribution >= 0.6 is 11.3 Å². The molecule has 2 aromatic rings. The first-order valence-corrected chi connectivity index (χ1v) is 7.59. The molecular formula is C15H19N3OS. The molecule has 3 N–H and O–H groups in total. The highest BCUT2D eigenvalue weighted by Crippen LogP contribution is 2.24. The number of amides is 1. The minimum Gasteiger partial charge on any atom is -0.330 e. The Morgan fingerprint density at radius 1 is 1.40 bits per heavy atom. The van der Waals surface area contributed by atoms with Gasteiger partial charge in [-0.1, -0.05) is 12.1 Å². The summed E-state index contributed by atoms with van der Waals surface area (Å²) in [6, 6.07) is 7.77. The second-order valence-electron chi connectivity index (χ2n) is 4.63. The summed E-state index contributed by atoms with van der Waals surface area (Å²) >= 11 is 1.62. The van der Waals surface area contributed by atoms with E-state index in [0.29, 0.717) is 13.0 Å². The van der Waals surface area contributed by atoms with E-state index >= 15 is 0 Å². The second kappa shape index (κ2) is 7.17. The maximum absolute atomic E-state index is 11.8. The molecule has 4 nitrogen and oxygen atoms in total. The maximum atomic E-state index is 11.8. The summed E-state index contributed by atoms with van der Waals surface area (Å²) in [6.45, 7) is 2.61. The van der Waals surface area contributed by atoms with Crippen LogP contribution in [0.25, 0.3) is 11.3 Å². The zero-order chi connectivity index (χ0) is 14.4. The van der Waals surface area contributed by atoms with Gasteiger partial charge in [0.15, 0.2) is 0 Å². The Balaban J connectivity index is 2.01. The average molecular weight is 289 g/mol. The summed E-state index contributed by atoms with van der Waals surface area (Å²) in [5.41, 5.74) is 8.20. The first kappa shape index (κ1) is 14.7. The van der Waals surface area contributed by atoms with Crippen molar-refractivity contribution in [3.05, 3.63) is 34.7 Å². The standard InChI is InChI=1S/C15H19N3OS/c1-11-17-14(10-20-11)12-5-4-6-13(9-12)18-15(19)7-2-3-8-16/h4-6,9-10H,2-3,7-8,16H2,1H3,(H,18,19). The number of anilines is 1. The van der Waals surface area contributed by atoms with E-state index < -0.39 is 0 Å². The van der Waals surface area contributed by atoms with Crippen LogP contribution in [0.15, 0.2) is 29.6 Å². The van der Waals surface area contributed by atoms with E-state index in [4.69, 9.17) is 5.73 Å². The second-order valence-corrected chi connectivity index (χ2v) is 5.69. The van der Waals surface area contributed by atoms with Crippen molar-refractivity contribution in [2.24, 2.45) is 5.73 Å². The molecule has 0 aliphatic heterocycles. The smallest absolute Gasteiger partial charge is 0.224 e. The Bertz CT molecular complexity index is 580. The van der Waals surface area contributed by atoms with Crippen LogP contribution in [0.2, 0.25) is 0 Å². The molecule has 0 bridgehead atoms. The van der Waals surface area contributed by atoms with E-state index in [1.807, 2.05) is 36.6 Å². The van der Waals surface area contributed by atoms with Crippen LogP contribution in [0.3, 0.4) is 0 Å². The van der Waals surface area contributed by atoms with E-state index in [1.165, 1.54) is 0 Å². The fourth-order valence-electron chi connectivity index (χ4n) is 1.91. The predicted octanol–water partition coefficient (Wildman–Crippen LogP) is 3.19. The minimum absolute atomic E-state index is 0.0325. The molecule has 0 aliphatic rings. The number of benzene rings is 1. The van der Waals surface area contributed by atoms with Crippen molar-refractivity contribution < 1.29 is 4.79 Å². The third-order valence-corrected chi connectivity index (χ3v) is 3.69.